The lowest BCUT2D eigenvalue weighted by Gasteiger charge is -2.22. The summed E-state index contributed by atoms with van der Waals surface area (Å²) in [7, 11) is 0. The minimum atomic E-state index is -0.587. The summed E-state index contributed by atoms with van der Waals surface area (Å²) in [6.45, 7) is 10.5. The molecule has 4 heteroatoms. The fourth-order valence-electron chi connectivity index (χ4n) is 5.98. The first-order valence-electron chi connectivity index (χ1n) is 18.8. The van der Waals surface area contributed by atoms with Crippen molar-refractivity contribution in [3.8, 4) is 0 Å². The summed E-state index contributed by atoms with van der Waals surface area (Å²) in [5.74, 6) is 0. The highest BCUT2D eigenvalue weighted by molar-refractivity contribution is 4.63. The molecule has 0 bridgehead atoms. The Labute approximate surface area is 258 Å². The highest BCUT2D eigenvalue weighted by Crippen LogP contribution is 2.19. The Hall–Kier alpha value is -0.160. The van der Waals surface area contributed by atoms with Crippen LogP contribution in [0.2, 0.25) is 0 Å². The summed E-state index contributed by atoms with van der Waals surface area (Å²) >= 11 is 0. The third kappa shape index (κ3) is 31.1. The van der Waals surface area contributed by atoms with Crippen LogP contribution in [-0.4, -0.2) is 53.7 Å². The van der Waals surface area contributed by atoms with Crippen LogP contribution >= 0.6 is 0 Å². The SMILES string of the molecule is CCCCCCCCCN(CCCO)CCCCCCCC(O)OC(CCCCCCCC)CCCCCCCC. The van der Waals surface area contributed by atoms with Crippen LogP contribution in [0.15, 0.2) is 0 Å². The second kappa shape index (κ2) is 34.3. The molecule has 0 fully saturated rings. The Kier molecular flexibility index (Phi) is 34.2. The second-order valence-corrected chi connectivity index (χ2v) is 12.9. The van der Waals surface area contributed by atoms with E-state index in [1.165, 1.54) is 161 Å². The predicted molar refractivity (Wildman–Crippen MR) is 181 cm³/mol. The van der Waals surface area contributed by atoms with Gasteiger partial charge in [0.2, 0.25) is 0 Å². The van der Waals surface area contributed by atoms with Crippen LogP contribution in [0.3, 0.4) is 0 Å². The van der Waals surface area contributed by atoms with E-state index in [2.05, 4.69) is 25.7 Å². The van der Waals surface area contributed by atoms with E-state index in [1.807, 2.05) is 0 Å². The van der Waals surface area contributed by atoms with Crippen LogP contribution in [-0.2, 0) is 4.74 Å². The van der Waals surface area contributed by atoms with Crippen molar-refractivity contribution in [2.24, 2.45) is 0 Å². The van der Waals surface area contributed by atoms with Gasteiger partial charge in [-0.25, -0.2) is 0 Å². The molecule has 1 unspecified atom stereocenters. The van der Waals surface area contributed by atoms with Gasteiger partial charge in [0, 0.05) is 13.2 Å². The van der Waals surface area contributed by atoms with E-state index in [0.29, 0.717) is 6.61 Å². The highest BCUT2D eigenvalue weighted by Gasteiger charge is 2.14. The fraction of sp³-hybridized carbons (Fsp3) is 1.00. The average molecular weight is 584 g/mol. The molecule has 0 amide bonds. The van der Waals surface area contributed by atoms with E-state index in [4.69, 9.17) is 4.74 Å². The van der Waals surface area contributed by atoms with Crippen molar-refractivity contribution in [2.75, 3.05) is 26.2 Å². The van der Waals surface area contributed by atoms with Gasteiger partial charge in [0.25, 0.3) is 0 Å². The van der Waals surface area contributed by atoms with Gasteiger partial charge in [-0.1, -0.05) is 156 Å². The van der Waals surface area contributed by atoms with Crippen molar-refractivity contribution < 1.29 is 14.9 Å². The van der Waals surface area contributed by atoms with Crippen molar-refractivity contribution in [3.63, 3.8) is 0 Å². The maximum atomic E-state index is 10.6. The third-order valence-corrected chi connectivity index (χ3v) is 8.74. The van der Waals surface area contributed by atoms with Crippen molar-refractivity contribution in [1.82, 2.24) is 4.90 Å². The molecule has 41 heavy (non-hydrogen) atoms. The van der Waals surface area contributed by atoms with Gasteiger partial charge in [0.1, 0.15) is 0 Å². The lowest BCUT2D eigenvalue weighted by atomic mass is 10.0. The first kappa shape index (κ1) is 40.8. The van der Waals surface area contributed by atoms with Crippen LogP contribution in [0.5, 0.6) is 0 Å². The molecular formula is C37H77NO3. The van der Waals surface area contributed by atoms with Gasteiger partial charge in [-0.3, -0.25) is 0 Å². The summed E-state index contributed by atoms with van der Waals surface area (Å²) in [6, 6.07) is 0. The molecular weight excluding hydrogens is 506 g/mol. The number of hydrogen-bond donors (Lipinski definition) is 2. The average Bonchev–Trinajstić information content (AvgIpc) is 2.97. The number of nitrogens with zero attached hydrogens (tertiary/aromatic N) is 1. The zero-order chi connectivity index (χ0) is 30.1. The first-order valence-corrected chi connectivity index (χ1v) is 18.8. The lowest BCUT2D eigenvalue weighted by Crippen LogP contribution is -2.27. The summed E-state index contributed by atoms with van der Waals surface area (Å²) < 4.78 is 6.21. The van der Waals surface area contributed by atoms with Gasteiger partial charge in [0.05, 0.1) is 6.10 Å². The van der Waals surface area contributed by atoms with Gasteiger partial charge < -0.3 is 19.8 Å². The molecule has 0 saturated carbocycles. The van der Waals surface area contributed by atoms with Gasteiger partial charge in [-0.2, -0.15) is 0 Å². The molecule has 2 N–H and O–H groups in total. The molecule has 0 aromatic carbocycles. The highest BCUT2D eigenvalue weighted by atomic mass is 16.6. The third-order valence-electron chi connectivity index (χ3n) is 8.74. The van der Waals surface area contributed by atoms with Crippen LogP contribution in [0, 0.1) is 0 Å². The molecule has 0 spiro atoms. The number of ether oxygens (including phenoxy) is 1. The molecule has 0 aromatic rings. The number of hydrogen-bond acceptors (Lipinski definition) is 4. The molecule has 0 aliphatic rings. The maximum absolute atomic E-state index is 10.6. The van der Waals surface area contributed by atoms with Crippen molar-refractivity contribution >= 4 is 0 Å². The Morgan fingerprint density at radius 1 is 0.439 bits per heavy atom. The molecule has 0 saturated heterocycles. The fourth-order valence-corrected chi connectivity index (χ4v) is 5.98. The van der Waals surface area contributed by atoms with Crippen molar-refractivity contribution in [1.29, 1.82) is 0 Å². The molecule has 248 valence electrons. The molecule has 0 aliphatic carbocycles. The van der Waals surface area contributed by atoms with E-state index < -0.39 is 6.29 Å². The van der Waals surface area contributed by atoms with E-state index in [9.17, 15) is 10.2 Å². The largest absolute Gasteiger partial charge is 0.396 e. The number of rotatable bonds is 35. The Balaban J connectivity index is 4.08. The molecule has 0 heterocycles. The van der Waals surface area contributed by atoms with Crippen LogP contribution in [0.25, 0.3) is 0 Å². The van der Waals surface area contributed by atoms with Gasteiger partial charge >= 0.3 is 0 Å². The summed E-state index contributed by atoms with van der Waals surface area (Å²) in [5, 5.41) is 19.9. The Morgan fingerprint density at radius 3 is 1.20 bits per heavy atom. The quantitative estimate of drug-likeness (QED) is 0.0575. The lowest BCUT2D eigenvalue weighted by molar-refractivity contribution is -0.144. The Morgan fingerprint density at radius 2 is 0.780 bits per heavy atom. The standard InChI is InChI=1S/C37H77NO3/c1-4-7-10-13-16-21-26-32-38(34-28-35-39)33-27-22-17-20-25-31-37(40)41-36(29-23-18-14-11-8-5-2)30-24-19-15-12-9-6-3/h36-37,39-40H,4-35H2,1-3H3. The number of aliphatic hydroxyl groups is 2. The second-order valence-electron chi connectivity index (χ2n) is 12.9. The number of unbranched alkanes of at least 4 members (excludes halogenated alkanes) is 20. The molecule has 0 radical (unpaired) electrons. The zero-order valence-corrected chi connectivity index (χ0v) is 28.5. The van der Waals surface area contributed by atoms with E-state index in [0.717, 1.165) is 38.6 Å². The predicted octanol–water partition coefficient (Wildman–Crippen LogP) is 11.0. The van der Waals surface area contributed by atoms with Gasteiger partial charge in [0.15, 0.2) is 6.29 Å². The van der Waals surface area contributed by atoms with Crippen molar-refractivity contribution in [3.05, 3.63) is 0 Å². The molecule has 0 rings (SSSR count). The van der Waals surface area contributed by atoms with Crippen LogP contribution in [0.1, 0.15) is 201 Å². The van der Waals surface area contributed by atoms with E-state index >= 15 is 0 Å². The normalized spacial score (nSPS) is 12.7. The summed E-state index contributed by atoms with van der Waals surface area (Å²) in [4.78, 5) is 2.58. The smallest absolute Gasteiger partial charge is 0.154 e. The van der Waals surface area contributed by atoms with Gasteiger partial charge in [-0.15, -0.1) is 0 Å². The molecule has 1 atom stereocenters. The van der Waals surface area contributed by atoms with Gasteiger partial charge in [-0.05, 0) is 58.0 Å². The minimum Gasteiger partial charge on any atom is -0.396 e. The first-order chi connectivity index (χ1) is 20.2. The Bertz CT molecular complexity index is 459. The maximum Gasteiger partial charge on any atom is 0.154 e. The zero-order valence-electron chi connectivity index (χ0n) is 28.5. The summed E-state index contributed by atoms with van der Waals surface area (Å²) in [5.41, 5.74) is 0. The topological polar surface area (TPSA) is 52.9 Å². The van der Waals surface area contributed by atoms with Crippen LogP contribution in [0.4, 0.5) is 0 Å². The van der Waals surface area contributed by atoms with E-state index in [-0.39, 0.29) is 6.10 Å². The molecule has 4 nitrogen and oxygen atoms in total. The van der Waals surface area contributed by atoms with Crippen molar-refractivity contribution in [2.45, 2.75) is 213 Å². The molecule has 0 aliphatic heterocycles. The number of aliphatic hydroxyl groups excluding tert-OH is 2. The minimum absolute atomic E-state index is 0.239. The van der Waals surface area contributed by atoms with Crippen LogP contribution < -0.4 is 0 Å². The summed E-state index contributed by atoms with van der Waals surface area (Å²) in [6.07, 6.45) is 34.9. The monoisotopic (exact) mass is 584 g/mol. The van der Waals surface area contributed by atoms with E-state index in [1.54, 1.807) is 0 Å². The molecule has 0 aromatic heterocycles.